The molecular formula is C18H24N2O3. The number of rotatable bonds is 5. The second kappa shape index (κ2) is 6.24. The van der Waals surface area contributed by atoms with E-state index in [0.717, 1.165) is 24.4 Å². The molecule has 5 heteroatoms. The molecule has 5 nitrogen and oxygen atoms in total. The van der Waals surface area contributed by atoms with Crippen LogP contribution in [-0.2, 0) is 0 Å². The maximum atomic E-state index is 11.4. The van der Waals surface area contributed by atoms with Gasteiger partial charge in [0.25, 0.3) is 0 Å². The van der Waals surface area contributed by atoms with Gasteiger partial charge in [-0.15, -0.1) is 0 Å². The van der Waals surface area contributed by atoms with E-state index in [4.69, 9.17) is 4.74 Å². The number of carboxylic acids is 1. The molecule has 0 amide bonds. The van der Waals surface area contributed by atoms with E-state index in [-0.39, 0.29) is 6.10 Å². The SMILES string of the molecule is Cc1[nH]c2ccc(OC(C)C(C)N3CCCC3)cc2c1C(=O)O. The van der Waals surface area contributed by atoms with Gasteiger partial charge in [0.15, 0.2) is 0 Å². The highest BCUT2D eigenvalue weighted by Crippen LogP contribution is 2.27. The quantitative estimate of drug-likeness (QED) is 0.887. The van der Waals surface area contributed by atoms with E-state index in [1.807, 2.05) is 18.2 Å². The van der Waals surface area contributed by atoms with Crippen LogP contribution in [0.5, 0.6) is 5.75 Å². The van der Waals surface area contributed by atoms with Gasteiger partial charge in [-0.1, -0.05) is 0 Å². The summed E-state index contributed by atoms with van der Waals surface area (Å²) in [6, 6.07) is 5.96. The zero-order valence-electron chi connectivity index (χ0n) is 13.9. The number of carboxylic acid groups (broad SMARTS) is 1. The summed E-state index contributed by atoms with van der Waals surface area (Å²) in [5.41, 5.74) is 1.82. The molecule has 1 aromatic carbocycles. The van der Waals surface area contributed by atoms with Gasteiger partial charge in [-0.3, -0.25) is 4.90 Å². The minimum atomic E-state index is -0.913. The number of aryl methyl sites for hydroxylation is 1. The van der Waals surface area contributed by atoms with Gasteiger partial charge < -0.3 is 14.8 Å². The minimum absolute atomic E-state index is 0.0545. The zero-order chi connectivity index (χ0) is 16.6. The molecule has 1 aliphatic heterocycles. The van der Waals surface area contributed by atoms with Crippen LogP contribution in [-0.4, -0.2) is 46.2 Å². The van der Waals surface area contributed by atoms with Gasteiger partial charge in [0.05, 0.1) is 5.56 Å². The average Bonchev–Trinajstić information content (AvgIpc) is 3.12. The highest BCUT2D eigenvalue weighted by atomic mass is 16.5. The van der Waals surface area contributed by atoms with Crippen molar-refractivity contribution in [2.24, 2.45) is 0 Å². The van der Waals surface area contributed by atoms with E-state index in [2.05, 4.69) is 23.7 Å². The molecule has 0 bridgehead atoms. The number of fused-ring (bicyclic) bond motifs is 1. The van der Waals surface area contributed by atoms with Gasteiger partial charge in [0.2, 0.25) is 0 Å². The van der Waals surface area contributed by atoms with E-state index in [1.165, 1.54) is 12.8 Å². The maximum Gasteiger partial charge on any atom is 0.338 e. The molecule has 2 aromatic rings. The van der Waals surface area contributed by atoms with Gasteiger partial charge >= 0.3 is 5.97 Å². The number of aromatic amines is 1. The van der Waals surface area contributed by atoms with E-state index in [9.17, 15) is 9.90 Å². The van der Waals surface area contributed by atoms with Gasteiger partial charge in [0, 0.05) is 22.6 Å². The van der Waals surface area contributed by atoms with Crippen molar-refractivity contribution >= 4 is 16.9 Å². The summed E-state index contributed by atoms with van der Waals surface area (Å²) in [4.78, 5) is 17.0. The Hall–Kier alpha value is -2.01. The Bertz CT molecular complexity index is 716. The van der Waals surface area contributed by atoms with Crippen molar-refractivity contribution in [1.82, 2.24) is 9.88 Å². The van der Waals surface area contributed by atoms with Crippen molar-refractivity contribution in [1.29, 1.82) is 0 Å². The molecule has 0 spiro atoms. The molecule has 0 saturated carbocycles. The number of hydrogen-bond acceptors (Lipinski definition) is 3. The van der Waals surface area contributed by atoms with Crippen LogP contribution in [0.3, 0.4) is 0 Å². The summed E-state index contributed by atoms with van der Waals surface area (Å²) in [5, 5.41) is 10.1. The molecule has 2 atom stereocenters. The van der Waals surface area contributed by atoms with Crippen LogP contribution in [0.4, 0.5) is 0 Å². The summed E-state index contributed by atoms with van der Waals surface area (Å²) in [6.07, 6.45) is 2.57. The minimum Gasteiger partial charge on any atom is -0.489 e. The van der Waals surface area contributed by atoms with Crippen LogP contribution in [0.15, 0.2) is 18.2 Å². The molecule has 1 saturated heterocycles. The Morgan fingerprint density at radius 3 is 2.65 bits per heavy atom. The number of ether oxygens (including phenoxy) is 1. The van der Waals surface area contributed by atoms with Crippen LogP contribution >= 0.6 is 0 Å². The third kappa shape index (κ3) is 3.06. The molecule has 3 rings (SSSR count). The molecule has 23 heavy (non-hydrogen) atoms. The van der Waals surface area contributed by atoms with Crippen LogP contribution in [0.2, 0.25) is 0 Å². The van der Waals surface area contributed by atoms with E-state index in [0.29, 0.717) is 22.7 Å². The van der Waals surface area contributed by atoms with Gasteiger partial charge in [-0.25, -0.2) is 4.79 Å². The van der Waals surface area contributed by atoms with Crippen LogP contribution in [0.1, 0.15) is 42.7 Å². The molecule has 2 unspecified atom stereocenters. The first-order valence-electron chi connectivity index (χ1n) is 8.23. The van der Waals surface area contributed by atoms with Crippen molar-refractivity contribution in [2.45, 2.75) is 45.8 Å². The van der Waals surface area contributed by atoms with Gasteiger partial charge in [0.1, 0.15) is 11.9 Å². The number of nitrogens with zero attached hydrogens (tertiary/aromatic N) is 1. The average molecular weight is 316 g/mol. The normalized spacial score (nSPS) is 18.2. The van der Waals surface area contributed by atoms with Gasteiger partial charge in [-0.05, 0) is 64.9 Å². The predicted octanol–water partition coefficient (Wildman–Crippen LogP) is 3.43. The number of likely N-dealkylation sites (tertiary alicyclic amines) is 1. The lowest BCUT2D eigenvalue weighted by atomic mass is 10.1. The molecule has 1 fully saturated rings. The molecule has 2 N–H and O–H groups in total. The summed E-state index contributed by atoms with van der Waals surface area (Å²) >= 11 is 0. The van der Waals surface area contributed by atoms with Crippen LogP contribution in [0, 0.1) is 6.92 Å². The number of H-pyrrole nitrogens is 1. The zero-order valence-corrected chi connectivity index (χ0v) is 13.9. The van der Waals surface area contributed by atoms with Crippen LogP contribution in [0.25, 0.3) is 10.9 Å². The second-order valence-corrected chi connectivity index (χ2v) is 6.44. The Kier molecular flexibility index (Phi) is 4.31. The first-order valence-corrected chi connectivity index (χ1v) is 8.23. The monoisotopic (exact) mass is 316 g/mol. The lowest BCUT2D eigenvalue weighted by Crippen LogP contribution is -2.41. The Balaban J connectivity index is 1.82. The first kappa shape index (κ1) is 15.9. The lowest BCUT2D eigenvalue weighted by Gasteiger charge is -2.29. The molecule has 2 heterocycles. The third-order valence-corrected chi connectivity index (χ3v) is 4.89. The summed E-state index contributed by atoms with van der Waals surface area (Å²) in [7, 11) is 0. The molecule has 0 aliphatic carbocycles. The van der Waals surface area contributed by atoms with E-state index < -0.39 is 5.97 Å². The fraction of sp³-hybridized carbons (Fsp3) is 0.500. The smallest absolute Gasteiger partial charge is 0.338 e. The number of aromatic nitrogens is 1. The standard InChI is InChI=1S/C18H24N2O3/c1-11-17(18(21)22)15-10-14(6-7-16(15)19-11)23-13(3)12(2)20-8-4-5-9-20/h6-7,10,12-13,19H,4-5,8-9H2,1-3H3,(H,21,22). The first-order chi connectivity index (χ1) is 11.0. The third-order valence-electron chi connectivity index (χ3n) is 4.89. The summed E-state index contributed by atoms with van der Waals surface area (Å²) < 4.78 is 6.09. The molecule has 124 valence electrons. The number of aromatic carboxylic acids is 1. The van der Waals surface area contributed by atoms with Crippen molar-refractivity contribution in [2.75, 3.05) is 13.1 Å². The largest absolute Gasteiger partial charge is 0.489 e. The molecule has 1 aliphatic rings. The van der Waals surface area contributed by atoms with Crippen LogP contribution < -0.4 is 4.74 Å². The van der Waals surface area contributed by atoms with Crippen molar-refractivity contribution in [3.05, 3.63) is 29.5 Å². The van der Waals surface area contributed by atoms with Crippen molar-refractivity contribution < 1.29 is 14.6 Å². The highest BCUT2D eigenvalue weighted by molar-refractivity contribution is 6.05. The second-order valence-electron chi connectivity index (χ2n) is 6.44. The molecule has 1 aromatic heterocycles. The Labute approximate surface area is 136 Å². The number of carbonyl (C=O) groups is 1. The number of hydrogen-bond donors (Lipinski definition) is 2. The van der Waals surface area contributed by atoms with Crippen molar-refractivity contribution in [3.63, 3.8) is 0 Å². The Morgan fingerprint density at radius 2 is 2.00 bits per heavy atom. The highest BCUT2D eigenvalue weighted by Gasteiger charge is 2.24. The Morgan fingerprint density at radius 1 is 1.30 bits per heavy atom. The maximum absolute atomic E-state index is 11.4. The molecular weight excluding hydrogens is 292 g/mol. The summed E-state index contributed by atoms with van der Waals surface area (Å²) in [5.74, 6) is -0.193. The predicted molar refractivity (Wildman–Crippen MR) is 90.4 cm³/mol. The summed E-state index contributed by atoms with van der Waals surface area (Å²) in [6.45, 7) is 8.31. The lowest BCUT2D eigenvalue weighted by molar-refractivity contribution is 0.0698. The fourth-order valence-electron chi connectivity index (χ4n) is 3.41. The van der Waals surface area contributed by atoms with E-state index >= 15 is 0 Å². The topological polar surface area (TPSA) is 65.6 Å². The van der Waals surface area contributed by atoms with Crippen molar-refractivity contribution in [3.8, 4) is 5.75 Å². The number of benzene rings is 1. The fourth-order valence-corrected chi connectivity index (χ4v) is 3.41. The van der Waals surface area contributed by atoms with E-state index in [1.54, 1.807) is 6.92 Å². The molecule has 0 radical (unpaired) electrons. The van der Waals surface area contributed by atoms with Gasteiger partial charge in [-0.2, -0.15) is 0 Å². The number of nitrogens with one attached hydrogen (secondary N) is 1.